The first kappa shape index (κ1) is 11.1. The van der Waals surface area contributed by atoms with Crippen molar-refractivity contribution in [3.05, 3.63) is 78.5 Å². The van der Waals surface area contributed by atoms with Crippen LogP contribution in [-0.2, 0) is 0 Å². The van der Waals surface area contributed by atoms with Gasteiger partial charge in [0, 0.05) is 11.3 Å². The van der Waals surface area contributed by atoms with Gasteiger partial charge in [0.15, 0.2) is 0 Å². The van der Waals surface area contributed by atoms with Gasteiger partial charge >= 0.3 is 0 Å². The zero-order chi connectivity index (χ0) is 12.1. The van der Waals surface area contributed by atoms with Crippen LogP contribution >= 0.6 is 0 Å². The van der Waals surface area contributed by atoms with Gasteiger partial charge in [0.25, 0.3) is 0 Å². The van der Waals surface area contributed by atoms with Crippen LogP contribution in [0.15, 0.2) is 72.9 Å². The molecule has 2 rings (SSSR count). The summed E-state index contributed by atoms with van der Waals surface area (Å²) in [5.41, 5.74) is 1.88. The van der Waals surface area contributed by atoms with Crippen molar-refractivity contribution >= 4 is 11.5 Å². The van der Waals surface area contributed by atoms with Crippen LogP contribution in [0.3, 0.4) is 0 Å². The molecule has 0 radical (unpaired) electrons. The Hall–Kier alpha value is -2.35. The molecule has 0 fully saturated rings. The van der Waals surface area contributed by atoms with Crippen molar-refractivity contribution in [1.82, 2.24) is 0 Å². The molecular formula is C15H13NO. The SMILES string of the molecule is C=C(Nc1ccccc1)C(=O)c1ccccc1. The molecule has 0 aliphatic rings. The van der Waals surface area contributed by atoms with Crippen LogP contribution in [0, 0.1) is 0 Å². The monoisotopic (exact) mass is 223 g/mol. The number of carbonyl (C=O) groups is 1. The molecule has 0 saturated carbocycles. The fraction of sp³-hybridized carbons (Fsp3) is 0. The summed E-state index contributed by atoms with van der Waals surface area (Å²) >= 11 is 0. The predicted octanol–water partition coefficient (Wildman–Crippen LogP) is 3.50. The van der Waals surface area contributed by atoms with E-state index < -0.39 is 0 Å². The Labute approximate surface area is 101 Å². The molecule has 0 aliphatic heterocycles. The number of Topliss-reactive ketones (excluding diaryl/α,β-unsaturated/α-hetero) is 1. The van der Waals surface area contributed by atoms with Crippen LogP contribution < -0.4 is 5.32 Å². The summed E-state index contributed by atoms with van der Waals surface area (Å²) in [6.07, 6.45) is 0. The smallest absolute Gasteiger partial charge is 0.208 e. The summed E-state index contributed by atoms with van der Waals surface area (Å²) in [5.74, 6) is -0.0885. The average Bonchev–Trinajstić information content (AvgIpc) is 2.40. The van der Waals surface area contributed by atoms with Crippen molar-refractivity contribution in [2.24, 2.45) is 0 Å². The minimum Gasteiger partial charge on any atom is -0.353 e. The molecule has 17 heavy (non-hydrogen) atoms. The van der Waals surface area contributed by atoms with Crippen LogP contribution in [0.2, 0.25) is 0 Å². The predicted molar refractivity (Wildman–Crippen MR) is 70.0 cm³/mol. The molecule has 1 N–H and O–H groups in total. The third-order valence-electron chi connectivity index (χ3n) is 2.38. The molecule has 2 nitrogen and oxygen atoms in total. The highest BCUT2D eigenvalue weighted by atomic mass is 16.1. The number of hydrogen-bond donors (Lipinski definition) is 1. The van der Waals surface area contributed by atoms with Gasteiger partial charge in [0.1, 0.15) is 0 Å². The van der Waals surface area contributed by atoms with Gasteiger partial charge < -0.3 is 5.32 Å². The molecule has 0 saturated heterocycles. The molecule has 0 amide bonds. The normalized spacial score (nSPS) is 9.65. The third kappa shape index (κ3) is 2.82. The minimum atomic E-state index is -0.0885. The molecule has 84 valence electrons. The molecule has 2 aromatic carbocycles. The van der Waals surface area contributed by atoms with E-state index in [2.05, 4.69) is 11.9 Å². The van der Waals surface area contributed by atoms with Crippen LogP contribution in [-0.4, -0.2) is 5.78 Å². The van der Waals surface area contributed by atoms with Crippen molar-refractivity contribution in [3.8, 4) is 0 Å². The van der Waals surface area contributed by atoms with Gasteiger partial charge in [0.2, 0.25) is 5.78 Å². The van der Waals surface area contributed by atoms with Crippen molar-refractivity contribution in [3.63, 3.8) is 0 Å². The lowest BCUT2D eigenvalue weighted by molar-refractivity contribution is 0.103. The van der Waals surface area contributed by atoms with E-state index in [9.17, 15) is 4.79 Å². The van der Waals surface area contributed by atoms with Crippen LogP contribution in [0.4, 0.5) is 5.69 Å². The second-order valence-electron chi connectivity index (χ2n) is 3.66. The van der Waals surface area contributed by atoms with Crippen molar-refractivity contribution in [1.29, 1.82) is 0 Å². The lowest BCUT2D eigenvalue weighted by Gasteiger charge is -2.08. The lowest BCUT2D eigenvalue weighted by atomic mass is 10.1. The second kappa shape index (κ2) is 5.12. The van der Waals surface area contributed by atoms with Gasteiger partial charge in [-0.3, -0.25) is 4.79 Å². The molecule has 0 aliphatic carbocycles. The molecule has 0 unspecified atom stereocenters. The maximum Gasteiger partial charge on any atom is 0.208 e. The molecule has 0 bridgehead atoms. The van der Waals surface area contributed by atoms with Gasteiger partial charge in [-0.25, -0.2) is 0 Å². The Morgan fingerprint density at radius 3 is 2.00 bits per heavy atom. The van der Waals surface area contributed by atoms with Crippen LogP contribution in [0.5, 0.6) is 0 Å². The minimum absolute atomic E-state index is 0.0885. The molecule has 0 heterocycles. The topological polar surface area (TPSA) is 29.1 Å². The zero-order valence-electron chi connectivity index (χ0n) is 9.39. The third-order valence-corrected chi connectivity index (χ3v) is 2.38. The van der Waals surface area contributed by atoms with E-state index in [4.69, 9.17) is 0 Å². The molecule has 2 heteroatoms. The van der Waals surface area contributed by atoms with E-state index >= 15 is 0 Å². The highest BCUT2D eigenvalue weighted by molar-refractivity contribution is 6.09. The highest BCUT2D eigenvalue weighted by Gasteiger charge is 2.09. The van der Waals surface area contributed by atoms with Crippen molar-refractivity contribution < 1.29 is 4.79 Å². The number of nitrogens with one attached hydrogen (secondary N) is 1. The van der Waals surface area contributed by atoms with Crippen molar-refractivity contribution in [2.75, 3.05) is 5.32 Å². The van der Waals surface area contributed by atoms with Crippen molar-refractivity contribution in [2.45, 2.75) is 0 Å². The van der Waals surface area contributed by atoms with Gasteiger partial charge in [-0.05, 0) is 12.1 Å². The number of allylic oxidation sites excluding steroid dienone is 1. The molecule has 0 aromatic heterocycles. The summed E-state index contributed by atoms with van der Waals surface area (Å²) in [4.78, 5) is 12.0. The number of benzene rings is 2. The first-order valence-corrected chi connectivity index (χ1v) is 5.38. The lowest BCUT2D eigenvalue weighted by Crippen LogP contribution is -2.10. The van der Waals surface area contributed by atoms with E-state index in [1.54, 1.807) is 12.1 Å². The Morgan fingerprint density at radius 1 is 0.882 bits per heavy atom. The first-order chi connectivity index (χ1) is 8.27. The van der Waals surface area contributed by atoms with E-state index in [1.807, 2.05) is 48.5 Å². The average molecular weight is 223 g/mol. The maximum absolute atomic E-state index is 12.0. The Bertz CT molecular complexity index is 517. The summed E-state index contributed by atoms with van der Waals surface area (Å²) in [6.45, 7) is 3.77. The maximum atomic E-state index is 12.0. The van der Waals surface area contributed by atoms with Crippen LogP contribution in [0.25, 0.3) is 0 Å². The fourth-order valence-corrected chi connectivity index (χ4v) is 1.52. The number of ketones is 1. The van der Waals surface area contributed by atoms with Gasteiger partial charge in [-0.1, -0.05) is 55.1 Å². The zero-order valence-corrected chi connectivity index (χ0v) is 9.39. The van der Waals surface area contributed by atoms with E-state index in [1.165, 1.54) is 0 Å². The summed E-state index contributed by atoms with van der Waals surface area (Å²) in [6, 6.07) is 18.6. The largest absolute Gasteiger partial charge is 0.353 e. The molecule has 2 aromatic rings. The Balaban J connectivity index is 2.09. The molecule has 0 spiro atoms. The first-order valence-electron chi connectivity index (χ1n) is 5.38. The summed E-state index contributed by atoms with van der Waals surface area (Å²) in [7, 11) is 0. The number of rotatable bonds is 4. The number of hydrogen-bond acceptors (Lipinski definition) is 2. The van der Waals surface area contributed by atoms with E-state index in [0.29, 0.717) is 11.3 Å². The number of carbonyl (C=O) groups excluding carboxylic acids is 1. The summed E-state index contributed by atoms with van der Waals surface area (Å²) in [5, 5.41) is 3.00. The standard InChI is InChI=1S/C15H13NO/c1-12(16-14-10-6-3-7-11-14)15(17)13-8-4-2-5-9-13/h2-11,16H,1H2. The fourth-order valence-electron chi connectivity index (χ4n) is 1.52. The van der Waals surface area contributed by atoms with Gasteiger partial charge in [0.05, 0.1) is 5.70 Å². The Morgan fingerprint density at radius 2 is 1.41 bits per heavy atom. The van der Waals surface area contributed by atoms with E-state index in [0.717, 1.165) is 5.69 Å². The summed E-state index contributed by atoms with van der Waals surface area (Å²) < 4.78 is 0. The number of para-hydroxylation sites is 1. The Kier molecular flexibility index (Phi) is 3.36. The van der Waals surface area contributed by atoms with E-state index in [-0.39, 0.29) is 5.78 Å². The van der Waals surface area contributed by atoms with Gasteiger partial charge in [-0.2, -0.15) is 0 Å². The molecule has 0 atom stereocenters. The quantitative estimate of drug-likeness (QED) is 0.635. The molecular weight excluding hydrogens is 210 g/mol. The number of anilines is 1. The van der Waals surface area contributed by atoms with Gasteiger partial charge in [-0.15, -0.1) is 0 Å². The van der Waals surface area contributed by atoms with Crippen LogP contribution in [0.1, 0.15) is 10.4 Å². The second-order valence-corrected chi connectivity index (χ2v) is 3.66. The highest BCUT2D eigenvalue weighted by Crippen LogP contribution is 2.12.